The van der Waals surface area contributed by atoms with E-state index in [4.69, 9.17) is 4.74 Å². The van der Waals surface area contributed by atoms with Gasteiger partial charge in [0.1, 0.15) is 0 Å². The third-order valence-electron chi connectivity index (χ3n) is 2.63. The second-order valence-electron chi connectivity index (χ2n) is 4.33. The van der Waals surface area contributed by atoms with Gasteiger partial charge in [0.25, 0.3) is 0 Å². The van der Waals surface area contributed by atoms with Gasteiger partial charge in [-0.2, -0.15) is 5.10 Å². The molecule has 1 aliphatic rings. The van der Waals surface area contributed by atoms with Crippen molar-refractivity contribution in [3.8, 4) is 0 Å². The van der Waals surface area contributed by atoms with Gasteiger partial charge in [-0.15, -0.1) is 0 Å². The zero-order valence-electron chi connectivity index (χ0n) is 11.2. The summed E-state index contributed by atoms with van der Waals surface area (Å²) >= 11 is 1.47. The van der Waals surface area contributed by atoms with Crippen LogP contribution in [0.4, 0.5) is 8.78 Å². The Bertz CT molecular complexity index is 548. The summed E-state index contributed by atoms with van der Waals surface area (Å²) in [4.78, 5) is 4.39. The molecule has 20 heavy (non-hydrogen) atoms. The van der Waals surface area contributed by atoms with E-state index in [9.17, 15) is 8.78 Å². The Balaban J connectivity index is 2.07. The average molecular weight is 299 g/mol. The lowest BCUT2D eigenvalue weighted by atomic mass is 10.1. The zero-order valence-corrected chi connectivity index (χ0v) is 12.0. The molecule has 0 unspecified atom stereocenters. The number of hydrogen-bond donors (Lipinski definition) is 1. The second kappa shape index (κ2) is 6.81. The number of ether oxygens (including phenoxy) is 1. The van der Waals surface area contributed by atoms with Crippen molar-refractivity contribution in [2.75, 3.05) is 19.5 Å². The van der Waals surface area contributed by atoms with E-state index < -0.39 is 11.6 Å². The van der Waals surface area contributed by atoms with Crippen molar-refractivity contribution in [3.05, 3.63) is 35.4 Å². The topological polar surface area (TPSA) is 46.0 Å². The Labute approximate surface area is 120 Å². The number of nitrogens with one attached hydrogen (secondary N) is 1. The van der Waals surface area contributed by atoms with Crippen LogP contribution in [0.1, 0.15) is 12.5 Å². The molecular weight excluding hydrogens is 284 g/mol. The molecule has 1 N–H and O–H groups in total. The first-order valence-corrected chi connectivity index (χ1v) is 7.06. The van der Waals surface area contributed by atoms with Crippen LogP contribution in [-0.2, 0) is 4.74 Å². The highest BCUT2D eigenvalue weighted by molar-refractivity contribution is 8.14. The Kier molecular flexibility index (Phi) is 5.08. The molecule has 4 nitrogen and oxygen atoms in total. The number of benzene rings is 1. The Morgan fingerprint density at radius 3 is 2.85 bits per heavy atom. The zero-order chi connectivity index (χ0) is 14.5. The lowest BCUT2D eigenvalue weighted by molar-refractivity contribution is 0.186. The number of halogens is 2. The fourth-order valence-electron chi connectivity index (χ4n) is 1.68. The Morgan fingerprint density at radius 2 is 2.25 bits per heavy atom. The standard InChI is InChI=1S/C13H15F2N3OS/c1-8(6-19-2)16-13-18-17-12(7-20-13)9-3-4-10(14)11(15)5-9/h3-5,8H,6-7H2,1-2H3,(H,16,18)/t8-/m1/s1. The normalized spacial score (nSPS) is 18.6. The SMILES string of the molecule is COC[C@@H](C)N=C1NN=C(c2ccc(F)c(F)c2)CS1. The van der Waals surface area contributed by atoms with Gasteiger partial charge in [-0.05, 0) is 25.1 Å². The number of nitrogens with zero attached hydrogens (tertiary/aromatic N) is 2. The third kappa shape index (κ3) is 3.77. The molecule has 108 valence electrons. The molecule has 0 radical (unpaired) electrons. The molecule has 1 aliphatic heterocycles. The van der Waals surface area contributed by atoms with Crippen LogP contribution >= 0.6 is 11.8 Å². The molecular formula is C13H15F2N3OS. The van der Waals surface area contributed by atoms with E-state index in [1.807, 2.05) is 6.92 Å². The van der Waals surface area contributed by atoms with Crippen LogP contribution in [0.3, 0.4) is 0 Å². The van der Waals surface area contributed by atoms with Crippen LogP contribution in [0.15, 0.2) is 28.3 Å². The maximum Gasteiger partial charge on any atom is 0.177 e. The fourth-order valence-corrected chi connectivity index (χ4v) is 2.55. The first-order valence-electron chi connectivity index (χ1n) is 6.07. The summed E-state index contributed by atoms with van der Waals surface area (Å²) in [6.45, 7) is 2.47. The molecule has 0 saturated carbocycles. The number of rotatable bonds is 4. The number of hydrazone groups is 1. The van der Waals surface area contributed by atoms with Crippen LogP contribution in [0, 0.1) is 11.6 Å². The van der Waals surface area contributed by atoms with E-state index in [0.29, 0.717) is 28.8 Å². The molecule has 1 aromatic rings. The van der Waals surface area contributed by atoms with Gasteiger partial charge in [0.05, 0.1) is 18.4 Å². The molecule has 1 atom stereocenters. The number of hydrogen-bond acceptors (Lipinski definition) is 4. The quantitative estimate of drug-likeness (QED) is 0.928. The molecule has 0 amide bonds. The molecule has 0 fully saturated rings. The molecule has 1 aromatic carbocycles. The van der Waals surface area contributed by atoms with Crippen molar-refractivity contribution >= 4 is 22.6 Å². The first kappa shape index (κ1) is 14.9. The van der Waals surface area contributed by atoms with Crippen molar-refractivity contribution < 1.29 is 13.5 Å². The summed E-state index contributed by atoms with van der Waals surface area (Å²) in [5.74, 6) is -1.18. The Hall–Kier alpha value is -1.47. The molecule has 0 saturated heterocycles. The van der Waals surface area contributed by atoms with Gasteiger partial charge in [-0.25, -0.2) is 8.78 Å². The van der Waals surface area contributed by atoms with E-state index in [-0.39, 0.29) is 6.04 Å². The smallest absolute Gasteiger partial charge is 0.177 e. The van der Waals surface area contributed by atoms with Crippen LogP contribution in [0.5, 0.6) is 0 Å². The lowest BCUT2D eigenvalue weighted by Gasteiger charge is -2.16. The summed E-state index contributed by atoms with van der Waals surface area (Å²) in [6, 6.07) is 3.79. The molecule has 0 spiro atoms. The summed E-state index contributed by atoms with van der Waals surface area (Å²) in [7, 11) is 1.62. The van der Waals surface area contributed by atoms with Gasteiger partial charge < -0.3 is 4.74 Å². The summed E-state index contributed by atoms with van der Waals surface area (Å²) < 4.78 is 31.1. The maximum atomic E-state index is 13.2. The second-order valence-corrected chi connectivity index (χ2v) is 5.29. The molecule has 2 rings (SSSR count). The Morgan fingerprint density at radius 1 is 1.45 bits per heavy atom. The minimum absolute atomic E-state index is 0.0371. The predicted molar refractivity (Wildman–Crippen MR) is 77.3 cm³/mol. The minimum atomic E-state index is -0.872. The summed E-state index contributed by atoms with van der Waals surface area (Å²) in [6.07, 6.45) is 0. The van der Waals surface area contributed by atoms with E-state index in [2.05, 4.69) is 15.5 Å². The van der Waals surface area contributed by atoms with E-state index >= 15 is 0 Å². The van der Waals surface area contributed by atoms with E-state index in [1.54, 1.807) is 7.11 Å². The van der Waals surface area contributed by atoms with Crippen molar-refractivity contribution in [1.82, 2.24) is 5.43 Å². The molecule has 0 aliphatic carbocycles. The molecule has 1 heterocycles. The van der Waals surface area contributed by atoms with Gasteiger partial charge >= 0.3 is 0 Å². The highest BCUT2D eigenvalue weighted by atomic mass is 32.2. The van der Waals surface area contributed by atoms with Gasteiger partial charge in [-0.3, -0.25) is 10.4 Å². The number of thioether (sulfide) groups is 1. The highest BCUT2D eigenvalue weighted by Gasteiger charge is 2.15. The first-order chi connectivity index (χ1) is 9.60. The fraction of sp³-hybridized carbons (Fsp3) is 0.385. The number of aliphatic imine (C=N–C) groups is 1. The highest BCUT2D eigenvalue weighted by Crippen LogP contribution is 2.16. The van der Waals surface area contributed by atoms with Gasteiger partial charge in [0, 0.05) is 18.4 Å². The summed E-state index contributed by atoms with van der Waals surface area (Å²) in [5.41, 5.74) is 4.04. The van der Waals surface area contributed by atoms with Crippen LogP contribution < -0.4 is 5.43 Å². The third-order valence-corrected chi connectivity index (χ3v) is 3.52. The minimum Gasteiger partial charge on any atom is -0.382 e. The lowest BCUT2D eigenvalue weighted by Crippen LogP contribution is -2.27. The van der Waals surface area contributed by atoms with Gasteiger partial charge in [-0.1, -0.05) is 11.8 Å². The van der Waals surface area contributed by atoms with Crippen molar-refractivity contribution in [1.29, 1.82) is 0 Å². The van der Waals surface area contributed by atoms with Crippen LogP contribution in [0.25, 0.3) is 0 Å². The average Bonchev–Trinajstić information content (AvgIpc) is 2.43. The predicted octanol–water partition coefficient (Wildman–Crippen LogP) is 2.40. The van der Waals surface area contributed by atoms with E-state index in [1.165, 1.54) is 17.8 Å². The molecule has 7 heteroatoms. The monoisotopic (exact) mass is 299 g/mol. The molecule has 0 bridgehead atoms. The largest absolute Gasteiger partial charge is 0.382 e. The van der Waals surface area contributed by atoms with Gasteiger partial charge in [0.2, 0.25) is 0 Å². The van der Waals surface area contributed by atoms with Crippen molar-refractivity contribution in [2.45, 2.75) is 13.0 Å². The summed E-state index contributed by atoms with van der Waals surface area (Å²) in [5, 5.41) is 4.85. The van der Waals surface area contributed by atoms with Crippen molar-refractivity contribution in [3.63, 3.8) is 0 Å². The van der Waals surface area contributed by atoms with E-state index in [0.717, 1.165) is 12.1 Å². The van der Waals surface area contributed by atoms with Crippen LogP contribution in [0.2, 0.25) is 0 Å². The number of amidine groups is 1. The van der Waals surface area contributed by atoms with Crippen LogP contribution in [-0.4, -0.2) is 36.4 Å². The van der Waals surface area contributed by atoms with Crippen molar-refractivity contribution in [2.24, 2.45) is 10.1 Å². The maximum absolute atomic E-state index is 13.2. The molecule has 0 aromatic heterocycles. The van der Waals surface area contributed by atoms with Gasteiger partial charge in [0.15, 0.2) is 16.8 Å². The number of methoxy groups -OCH3 is 1.